The van der Waals surface area contributed by atoms with Crippen molar-refractivity contribution in [3.05, 3.63) is 82.2 Å². The molecule has 3 aromatic rings. The highest BCUT2D eigenvalue weighted by atomic mass is 32.2. The van der Waals surface area contributed by atoms with E-state index in [4.69, 9.17) is 9.47 Å². The van der Waals surface area contributed by atoms with Crippen molar-refractivity contribution >= 4 is 21.5 Å². The first-order valence-electron chi connectivity index (χ1n) is 13.2. The molecule has 1 heterocycles. The maximum Gasteiger partial charge on any atom is 0.305 e. The SMILES string of the molecule is COC(=O)CCc1ccc2c(c1)CCC(c1cccc(-c3c(C)cc(OCCCS(C)(=O)=O)c(F)c3C)c1)N2. The van der Waals surface area contributed by atoms with Crippen molar-refractivity contribution in [3.63, 3.8) is 0 Å². The molecule has 1 N–H and O–H groups in total. The summed E-state index contributed by atoms with van der Waals surface area (Å²) in [5.41, 5.74) is 7.77. The zero-order valence-corrected chi connectivity index (χ0v) is 23.8. The highest BCUT2D eigenvalue weighted by Gasteiger charge is 2.22. The standard InChI is InChI=1S/C31H36FNO5S/c1-20-17-28(38-15-6-16-39(4,35)36)31(32)21(2)30(20)25-8-5-7-23(19-25)27-13-11-24-18-22(9-12-26(24)33-27)10-14-29(34)37-3/h5,7-9,12,17-19,27,33H,6,10-11,13-16H2,1-4H3. The Morgan fingerprint density at radius 1 is 1.13 bits per heavy atom. The predicted octanol–water partition coefficient (Wildman–Crippen LogP) is 6.13. The fourth-order valence-corrected chi connectivity index (χ4v) is 5.84. The lowest BCUT2D eigenvalue weighted by Gasteiger charge is -2.28. The van der Waals surface area contributed by atoms with Crippen molar-refractivity contribution in [2.24, 2.45) is 0 Å². The van der Waals surface area contributed by atoms with Gasteiger partial charge in [-0.05, 0) is 96.7 Å². The summed E-state index contributed by atoms with van der Waals surface area (Å²) in [6.07, 6.45) is 4.36. The van der Waals surface area contributed by atoms with E-state index in [1.807, 2.05) is 25.1 Å². The molecule has 4 rings (SSSR count). The molecule has 0 amide bonds. The molecule has 3 aromatic carbocycles. The van der Waals surface area contributed by atoms with Crippen LogP contribution < -0.4 is 10.1 Å². The molecular formula is C31H36FNO5S. The van der Waals surface area contributed by atoms with Gasteiger partial charge >= 0.3 is 5.97 Å². The van der Waals surface area contributed by atoms with Gasteiger partial charge in [-0.2, -0.15) is 0 Å². The monoisotopic (exact) mass is 553 g/mol. The van der Waals surface area contributed by atoms with Crippen LogP contribution in [0.1, 0.15) is 53.1 Å². The van der Waals surface area contributed by atoms with E-state index in [2.05, 4.69) is 29.6 Å². The van der Waals surface area contributed by atoms with Gasteiger partial charge in [-0.15, -0.1) is 0 Å². The second kappa shape index (κ2) is 12.2. The molecule has 0 aliphatic carbocycles. The molecule has 0 radical (unpaired) electrons. The number of hydrogen-bond acceptors (Lipinski definition) is 6. The average Bonchev–Trinajstić information content (AvgIpc) is 2.91. The van der Waals surface area contributed by atoms with Crippen LogP contribution in [0.2, 0.25) is 0 Å². The van der Waals surface area contributed by atoms with E-state index in [1.54, 1.807) is 13.0 Å². The van der Waals surface area contributed by atoms with Crippen molar-refractivity contribution in [3.8, 4) is 16.9 Å². The summed E-state index contributed by atoms with van der Waals surface area (Å²) in [4.78, 5) is 11.5. The molecule has 0 fully saturated rings. The van der Waals surface area contributed by atoms with Crippen LogP contribution in [-0.2, 0) is 32.2 Å². The largest absolute Gasteiger partial charge is 0.490 e. The molecule has 1 aliphatic rings. The Kier molecular flexibility index (Phi) is 8.95. The number of halogens is 1. The highest BCUT2D eigenvalue weighted by Crippen LogP contribution is 2.38. The number of esters is 1. The van der Waals surface area contributed by atoms with Gasteiger partial charge in [0, 0.05) is 18.4 Å². The van der Waals surface area contributed by atoms with Crippen molar-refractivity contribution in [1.29, 1.82) is 0 Å². The number of ether oxygens (including phenoxy) is 2. The third-order valence-corrected chi connectivity index (χ3v) is 8.23. The van der Waals surface area contributed by atoms with E-state index in [0.717, 1.165) is 46.3 Å². The van der Waals surface area contributed by atoms with Gasteiger partial charge in [0.2, 0.25) is 0 Å². The lowest BCUT2D eigenvalue weighted by Crippen LogP contribution is -2.18. The fourth-order valence-electron chi connectivity index (χ4n) is 5.19. The van der Waals surface area contributed by atoms with Gasteiger partial charge in [0.1, 0.15) is 9.84 Å². The first kappa shape index (κ1) is 28.6. The summed E-state index contributed by atoms with van der Waals surface area (Å²) in [5, 5.41) is 3.66. The topological polar surface area (TPSA) is 81.7 Å². The Morgan fingerprint density at radius 3 is 2.67 bits per heavy atom. The minimum Gasteiger partial charge on any atom is -0.490 e. The fraction of sp³-hybridized carbons (Fsp3) is 0.387. The van der Waals surface area contributed by atoms with Crippen molar-refractivity contribution in [1.82, 2.24) is 0 Å². The van der Waals surface area contributed by atoms with E-state index < -0.39 is 15.7 Å². The zero-order valence-electron chi connectivity index (χ0n) is 23.0. The molecule has 0 aromatic heterocycles. The van der Waals surface area contributed by atoms with Crippen LogP contribution in [0.15, 0.2) is 48.5 Å². The molecule has 1 unspecified atom stereocenters. The molecule has 6 nitrogen and oxygen atoms in total. The van der Waals surface area contributed by atoms with Gasteiger partial charge < -0.3 is 14.8 Å². The number of fused-ring (bicyclic) bond motifs is 1. The highest BCUT2D eigenvalue weighted by molar-refractivity contribution is 7.90. The van der Waals surface area contributed by atoms with Crippen molar-refractivity contribution in [2.45, 2.75) is 52.0 Å². The second-order valence-corrected chi connectivity index (χ2v) is 12.5. The van der Waals surface area contributed by atoms with E-state index in [-0.39, 0.29) is 30.1 Å². The van der Waals surface area contributed by atoms with Gasteiger partial charge in [-0.1, -0.05) is 30.3 Å². The normalized spacial score (nSPS) is 14.8. The number of benzene rings is 3. The molecule has 1 aliphatic heterocycles. The molecule has 8 heteroatoms. The third-order valence-electron chi connectivity index (χ3n) is 7.20. The van der Waals surface area contributed by atoms with Crippen LogP contribution >= 0.6 is 0 Å². The summed E-state index contributed by atoms with van der Waals surface area (Å²) in [6, 6.07) is 16.3. The number of nitrogens with one attached hydrogen (secondary N) is 1. The number of carbonyl (C=O) groups is 1. The van der Waals surface area contributed by atoms with Gasteiger partial charge in [0.25, 0.3) is 0 Å². The van der Waals surface area contributed by atoms with Crippen LogP contribution in [-0.4, -0.2) is 40.1 Å². The first-order valence-corrected chi connectivity index (χ1v) is 15.3. The number of carbonyl (C=O) groups excluding carboxylic acids is 1. The second-order valence-electron chi connectivity index (χ2n) is 10.3. The summed E-state index contributed by atoms with van der Waals surface area (Å²) >= 11 is 0. The van der Waals surface area contributed by atoms with E-state index in [9.17, 15) is 13.2 Å². The average molecular weight is 554 g/mol. The summed E-state index contributed by atoms with van der Waals surface area (Å²) in [6.45, 7) is 3.82. The lowest BCUT2D eigenvalue weighted by atomic mass is 9.89. The molecule has 0 saturated carbocycles. The number of hydrogen-bond donors (Lipinski definition) is 1. The van der Waals surface area contributed by atoms with E-state index >= 15 is 4.39 Å². The van der Waals surface area contributed by atoms with Crippen LogP contribution in [0.4, 0.5) is 10.1 Å². The minimum atomic E-state index is -3.08. The molecular weight excluding hydrogens is 517 g/mol. The minimum absolute atomic E-state index is 0.00763. The first-order chi connectivity index (χ1) is 18.6. The quantitative estimate of drug-likeness (QED) is 0.240. The number of rotatable bonds is 10. The Morgan fingerprint density at radius 2 is 1.92 bits per heavy atom. The number of anilines is 1. The zero-order chi connectivity index (χ0) is 28.2. The van der Waals surface area contributed by atoms with Crippen LogP contribution in [0.3, 0.4) is 0 Å². The Bertz CT molecular complexity index is 1470. The maximum absolute atomic E-state index is 15.3. The van der Waals surface area contributed by atoms with Gasteiger partial charge in [0.15, 0.2) is 11.6 Å². The molecule has 0 bridgehead atoms. The summed E-state index contributed by atoms with van der Waals surface area (Å²) in [7, 11) is -1.67. The molecule has 39 heavy (non-hydrogen) atoms. The van der Waals surface area contributed by atoms with Crippen molar-refractivity contribution < 1.29 is 27.1 Å². The Balaban J connectivity index is 1.49. The predicted molar refractivity (Wildman–Crippen MR) is 153 cm³/mol. The van der Waals surface area contributed by atoms with E-state index in [0.29, 0.717) is 24.8 Å². The van der Waals surface area contributed by atoms with Crippen LogP contribution in [0.25, 0.3) is 11.1 Å². The lowest BCUT2D eigenvalue weighted by molar-refractivity contribution is -0.140. The van der Waals surface area contributed by atoms with Gasteiger partial charge in [0.05, 0.1) is 25.5 Å². The van der Waals surface area contributed by atoms with E-state index in [1.165, 1.54) is 18.9 Å². The van der Waals surface area contributed by atoms with Gasteiger partial charge in [-0.3, -0.25) is 4.79 Å². The van der Waals surface area contributed by atoms with Gasteiger partial charge in [-0.25, -0.2) is 12.8 Å². The smallest absolute Gasteiger partial charge is 0.305 e. The third kappa shape index (κ3) is 7.18. The van der Waals surface area contributed by atoms with Crippen LogP contribution in [0.5, 0.6) is 5.75 Å². The summed E-state index contributed by atoms with van der Waals surface area (Å²) < 4.78 is 48.3. The Hall–Kier alpha value is -3.39. The number of methoxy groups -OCH3 is 1. The molecule has 208 valence electrons. The maximum atomic E-state index is 15.3. The number of aryl methyl sites for hydroxylation is 3. The Labute approximate surface area is 230 Å². The molecule has 0 saturated heterocycles. The summed E-state index contributed by atoms with van der Waals surface area (Å²) in [5.74, 6) is -0.473. The van der Waals surface area contributed by atoms with Crippen molar-refractivity contribution in [2.75, 3.05) is 31.0 Å². The molecule has 0 spiro atoms. The number of sulfone groups is 1. The van der Waals surface area contributed by atoms with Crippen LogP contribution in [0, 0.1) is 19.7 Å². The molecule has 1 atom stereocenters.